The lowest BCUT2D eigenvalue weighted by Crippen LogP contribution is -2.46. The van der Waals surface area contributed by atoms with Crippen LogP contribution in [-0.2, 0) is 11.3 Å². The summed E-state index contributed by atoms with van der Waals surface area (Å²) in [6.07, 6.45) is 5.31. The Morgan fingerprint density at radius 2 is 2.17 bits per heavy atom. The Morgan fingerprint density at radius 3 is 2.61 bits per heavy atom. The Labute approximate surface area is 109 Å². The summed E-state index contributed by atoms with van der Waals surface area (Å²) in [6.45, 7) is 7.68. The van der Waals surface area contributed by atoms with Gasteiger partial charge in [-0.25, -0.2) is 0 Å². The molecule has 1 aromatic rings. The second-order valence-corrected chi connectivity index (χ2v) is 4.73. The van der Waals surface area contributed by atoms with Gasteiger partial charge in [0, 0.05) is 19.3 Å². The average Bonchev–Trinajstić information content (AvgIpc) is 2.78. The highest BCUT2D eigenvalue weighted by Gasteiger charge is 2.32. The zero-order chi connectivity index (χ0) is 13.6. The van der Waals surface area contributed by atoms with Gasteiger partial charge in [0.15, 0.2) is 0 Å². The molecular formula is C13H24N4O. The number of aromatic nitrogens is 2. The molecule has 1 heterocycles. The quantitative estimate of drug-likeness (QED) is 0.762. The van der Waals surface area contributed by atoms with Gasteiger partial charge < -0.3 is 11.1 Å². The van der Waals surface area contributed by atoms with Crippen LogP contribution in [0.1, 0.15) is 32.3 Å². The molecule has 0 aromatic carbocycles. The fourth-order valence-electron chi connectivity index (χ4n) is 2.01. The van der Waals surface area contributed by atoms with Crippen molar-refractivity contribution in [3.05, 3.63) is 18.0 Å². The molecule has 0 bridgehead atoms. The van der Waals surface area contributed by atoms with Gasteiger partial charge in [0.05, 0.1) is 18.2 Å². The predicted octanol–water partition coefficient (Wildman–Crippen LogP) is 1.07. The fourth-order valence-corrected chi connectivity index (χ4v) is 2.01. The van der Waals surface area contributed by atoms with Gasteiger partial charge in [-0.05, 0) is 25.3 Å². The Kier molecular flexibility index (Phi) is 5.34. The molecule has 0 aliphatic rings. The molecule has 0 aliphatic carbocycles. The van der Waals surface area contributed by atoms with E-state index in [1.807, 2.05) is 37.8 Å². The van der Waals surface area contributed by atoms with Gasteiger partial charge in [0.1, 0.15) is 0 Å². The molecule has 0 atom stereocenters. The minimum Gasteiger partial charge on any atom is -0.354 e. The number of hydrogen-bond donors (Lipinski definition) is 2. The van der Waals surface area contributed by atoms with Crippen molar-refractivity contribution >= 4 is 5.91 Å². The Hall–Kier alpha value is -1.36. The lowest BCUT2D eigenvalue weighted by molar-refractivity contribution is -0.131. The SMILES string of the molecule is CCC(CC)(CN)C(=O)NCCn1cc(C)cn1. The molecule has 3 N–H and O–H groups in total. The molecule has 1 aromatic heterocycles. The van der Waals surface area contributed by atoms with Crippen LogP contribution in [0.4, 0.5) is 0 Å². The zero-order valence-corrected chi connectivity index (χ0v) is 11.6. The van der Waals surface area contributed by atoms with Crippen molar-refractivity contribution in [2.24, 2.45) is 11.1 Å². The highest BCUT2D eigenvalue weighted by atomic mass is 16.2. The number of nitrogens with two attached hydrogens (primary N) is 1. The number of carbonyl (C=O) groups excluding carboxylic acids is 1. The van der Waals surface area contributed by atoms with E-state index in [1.165, 1.54) is 0 Å². The van der Waals surface area contributed by atoms with Crippen LogP contribution in [0.15, 0.2) is 12.4 Å². The molecular weight excluding hydrogens is 228 g/mol. The van der Waals surface area contributed by atoms with E-state index in [1.54, 1.807) is 0 Å². The van der Waals surface area contributed by atoms with E-state index in [2.05, 4.69) is 10.4 Å². The molecule has 0 saturated heterocycles. The summed E-state index contributed by atoms with van der Waals surface area (Å²) < 4.78 is 1.83. The van der Waals surface area contributed by atoms with Gasteiger partial charge in [0.2, 0.25) is 5.91 Å². The van der Waals surface area contributed by atoms with Crippen molar-refractivity contribution in [1.29, 1.82) is 0 Å². The van der Waals surface area contributed by atoms with Crippen LogP contribution in [0.2, 0.25) is 0 Å². The number of hydrogen-bond acceptors (Lipinski definition) is 3. The largest absolute Gasteiger partial charge is 0.354 e. The molecule has 0 saturated carbocycles. The third-order valence-electron chi connectivity index (χ3n) is 3.61. The van der Waals surface area contributed by atoms with Gasteiger partial charge in [-0.2, -0.15) is 5.10 Å². The highest BCUT2D eigenvalue weighted by molar-refractivity contribution is 5.82. The first-order valence-electron chi connectivity index (χ1n) is 6.55. The van der Waals surface area contributed by atoms with Crippen LogP contribution < -0.4 is 11.1 Å². The van der Waals surface area contributed by atoms with Crippen LogP contribution in [0, 0.1) is 12.3 Å². The normalized spacial score (nSPS) is 11.6. The fraction of sp³-hybridized carbons (Fsp3) is 0.692. The third-order valence-corrected chi connectivity index (χ3v) is 3.61. The summed E-state index contributed by atoms with van der Waals surface area (Å²) in [5, 5.41) is 7.13. The van der Waals surface area contributed by atoms with Crippen LogP contribution in [-0.4, -0.2) is 28.8 Å². The Morgan fingerprint density at radius 1 is 1.50 bits per heavy atom. The molecule has 0 unspecified atom stereocenters. The second kappa shape index (κ2) is 6.54. The van der Waals surface area contributed by atoms with E-state index in [4.69, 9.17) is 5.73 Å². The van der Waals surface area contributed by atoms with Crippen LogP contribution >= 0.6 is 0 Å². The summed E-state index contributed by atoms with van der Waals surface area (Å²) >= 11 is 0. The second-order valence-electron chi connectivity index (χ2n) is 4.73. The lowest BCUT2D eigenvalue weighted by Gasteiger charge is -2.28. The van der Waals surface area contributed by atoms with Gasteiger partial charge >= 0.3 is 0 Å². The van der Waals surface area contributed by atoms with E-state index in [-0.39, 0.29) is 5.91 Å². The van der Waals surface area contributed by atoms with E-state index in [0.717, 1.165) is 18.4 Å². The summed E-state index contributed by atoms with van der Waals surface area (Å²) in [7, 11) is 0. The highest BCUT2D eigenvalue weighted by Crippen LogP contribution is 2.24. The Balaban J connectivity index is 2.45. The first-order valence-corrected chi connectivity index (χ1v) is 6.55. The molecule has 1 amide bonds. The van der Waals surface area contributed by atoms with Crippen molar-refractivity contribution < 1.29 is 4.79 Å². The third kappa shape index (κ3) is 3.32. The summed E-state index contributed by atoms with van der Waals surface area (Å²) in [5.74, 6) is 0.0545. The molecule has 5 nitrogen and oxygen atoms in total. The number of nitrogens with zero attached hydrogens (tertiary/aromatic N) is 2. The summed E-state index contributed by atoms with van der Waals surface area (Å²) in [4.78, 5) is 12.1. The summed E-state index contributed by atoms with van der Waals surface area (Å²) in [6, 6.07) is 0. The summed E-state index contributed by atoms with van der Waals surface area (Å²) in [5.41, 5.74) is 6.45. The monoisotopic (exact) mass is 252 g/mol. The van der Waals surface area contributed by atoms with E-state index in [0.29, 0.717) is 19.6 Å². The van der Waals surface area contributed by atoms with E-state index < -0.39 is 5.41 Å². The molecule has 0 aliphatic heterocycles. The zero-order valence-electron chi connectivity index (χ0n) is 11.6. The maximum atomic E-state index is 12.1. The van der Waals surface area contributed by atoms with Crippen molar-refractivity contribution in [3.8, 4) is 0 Å². The Bertz CT molecular complexity index is 374. The van der Waals surface area contributed by atoms with Crippen LogP contribution in [0.25, 0.3) is 0 Å². The van der Waals surface area contributed by atoms with Gasteiger partial charge in [-0.15, -0.1) is 0 Å². The van der Waals surface area contributed by atoms with Gasteiger partial charge in [-0.3, -0.25) is 9.48 Å². The number of aryl methyl sites for hydroxylation is 1. The first kappa shape index (κ1) is 14.7. The minimum absolute atomic E-state index is 0.0545. The average molecular weight is 252 g/mol. The standard InChI is InChI=1S/C13H24N4O/c1-4-13(5-2,10-14)12(18)15-6-7-17-9-11(3)8-16-17/h8-9H,4-7,10,14H2,1-3H3,(H,15,18). The number of nitrogens with one attached hydrogen (secondary N) is 1. The minimum atomic E-state index is -0.417. The molecule has 0 fully saturated rings. The molecule has 102 valence electrons. The first-order chi connectivity index (χ1) is 8.57. The van der Waals surface area contributed by atoms with Gasteiger partial charge in [0.25, 0.3) is 0 Å². The van der Waals surface area contributed by atoms with Gasteiger partial charge in [-0.1, -0.05) is 13.8 Å². The molecule has 0 spiro atoms. The van der Waals surface area contributed by atoms with E-state index >= 15 is 0 Å². The maximum absolute atomic E-state index is 12.1. The molecule has 0 radical (unpaired) electrons. The molecule has 18 heavy (non-hydrogen) atoms. The molecule has 1 rings (SSSR count). The van der Waals surface area contributed by atoms with Crippen molar-refractivity contribution in [3.63, 3.8) is 0 Å². The topological polar surface area (TPSA) is 72.9 Å². The number of amides is 1. The van der Waals surface area contributed by atoms with Crippen LogP contribution in [0.5, 0.6) is 0 Å². The lowest BCUT2D eigenvalue weighted by atomic mass is 9.81. The molecule has 5 heteroatoms. The predicted molar refractivity (Wildman–Crippen MR) is 72.0 cm³/mol. The van der Waals surface area contributed by atoms with Crippen molar-refractivity contribution in [2.45, 2.75) is 40.2 Å². The smallest absolute Gasteiger partial charge is 0.227 e. The van der Waals surface area contributed by atoms with E-state index in [9.17, 15) is 4.79 Å². The number of rotatable bonds is 7. The van der Waals surface area contributed by atoms with Crippen LogP contribution in [0.3, 0.4) is 0 Å². The number of carbonyl (C=O) groups is 1. The van der Waals surface area contributed by atoms with Crippen molar-refractivity contribution in [2.75, 3.05) is 13.1 Å². The van der Waals surface area contributed by atoms with Crippen molar-refractivity contribution in [1.82, 2.24) is 15.1 Å². The maximum Gasteiger partial charge on any atom is 0.227 e.